The number of piperidine rings is 3. The number of rotatable bonds is 10. The maximum atomic E-state index is 15.8. The molecule has 318 valence electrons. The summed E-state index contributed by atoms with van der Waals surface area (Å²) in [5.74, 6) is -4.02. The number of anilines is 5. The van der Waals surface area contributed by atoms with Crippen LogP contribution >= 0.6 is 11.6 Å². The molecule has 14 nitrogen and oxygen atoms in total. The zero-order chi connectivity index (χ0) is 41.7. The van der Waals surface area contributed by atoms with Crippen LogP contribution in [0.15, 0.2) is 48.7 Å². The monoisotopic (exact) mass is 843 g/mol. The van der Waals surface area contributed by atoms with Gasteiger partial charge >= 0.3 is 0 Å². The molecule has 5 aliphatic rings. The van der Waals surface area contributed by atoms with Gasteiger partial charge in [-0.25, -0.2) is 18.3 Å². The first-order chi connectivity index (χ1) is 28.9. The molecular formula is C43H52ClF2N11O3. The third-order valence-corrected chi connectivity index (χ3v) is 13.7. The number of nitrogens with one attached hydrogen (secondary N) is 2. The van der Waals surface area contributed by atoms with Gasteiger partial charge in [-0.1, -0.05) is 17.7 Å². The van der Waals surface area contributed by atoms with Gasteiger partial charge in [-0.3, -0.25) is 29.5 Å². The lowest BCUT2D eigenvalue weighted by atomic mass is 9.89. The second kappa shape index (κ2) is 16.4. The smallest absolute Gasteiger partial charge is 0.269 e. The van der Waals surface area contributed by atoms with Crippen LogP contribution in [0.4, 0.5) is 37.3 Å². The lowest BCUT2D eigenvalue weighted by Crippen LogP contribution is -2.55. The van der Waals surface area contributed by atoms with Crippen LogP contribution in [0.5, 0.6) is 0 Å². The Labute approximate surface area is 353 Å². The fourth-order valence-electron chi connectivity index (χ4n) is 10.0. The fraction of sp³-hybridized carbons (Fsp3) is 0.512. The third kappa shape index (κ3) is 7.84. The predicted octanol–water partition coefficient (Wildman–Crippen LogP) is 4.73. The summed E-state index contributed by atoms with van der Waals surface area (Å²) >= 11 is 6.50. The van der Waals surface area contributed by atoms with E-state index in [1.165, 1.54) is 22.0 Å². The van der Waals surface area contributed by atoms with Gasteiger partial charge in [0.05, 0.1) is 24.3 Å². The number of benzene rings is 2. The summed E-state index contributed by atoms with van der Waals surface area (Å²) in [7, 11) is 1.81. The molecule has 5 aliphatic heterocycles. The molecule has 0 bridgehead atoms. The molecule has 4 N–H and O–H groups in total. The van der Waals surface area contributed by atoms with Gasteiger partial charge in [-0.2, -0.15) is 0 Å². The van der Waals surface area contributed by atoms with Crippen molar-refractivity contribution in [2.24, 2.45) is 17.6 Å². The Balaban J connectivity index is 0.763. The first-order valence-electron chi connectivity index (χ1n) is 21.2. The molecule has 9 rings (SSSR count). The molecule has 0 radical (unpaired) electrons. The number of nitrogens with two attached hydrogens (primary N) is 1. The fourth-order valence-corrected chi connectivity index (χ4v) is 10.3. The minimum Gasteiger partial charge on any atom is -0.385 e. The van der Waals surface area contributed by atoms with Crippen LogP contribution in [-0.4, -0.2) is 127 Å². The number of alkyl halides is 2. The highest BCUT2D eigenvalue weighted by molar-refractivity contribution is 6.31. The number of nitrogens with zero attached hydrogens (tertiary/aromatic N) is 8. The van der Waals surface area contributed by atoms with E-state index in [-0.39, 0.29) is 30.5 Å². The van der Waals surface area contributed by atoms with E-state index in [1.807, 2.05) is 30.1 Å². The lowest BCUT2D eigenvalue weighted by molar-refractivity contribution is -0.134. The Bertz CT molecular complexity index is 2290. The number of hydrogen-bond acceptors (Lipinski definition) is 11. The van der Waals surface area contributed by atoms with Crippen LogP contribution in [-0.2, 0) is 16.0 Å². The third-order valence-electron chi connectivity index (χ3n) is 13.4. The van der Waals surface area contributed by atoms with Crippen LogP contribution in [0.3, 0.4) is 0 Å². The number of imidazole rings is 1. The Kier molecular flexibility index (Phi) is 11.0. The molecular weight excluding hydrogens is 792 g/mol. The summed E-state index contributed by atoms with van der Waals surface area (Å²) in [5, 5.41) is 10.9. The van der Waals surface area contributed by atoms with E-state index < -0.39 is 23.7 Å². The second-order valence-corrected chi connectivity index (χ2v) is 17.4. The van der Waals surface area contributed by atoms with Crippen molar-refractivity contribution in [1.82, 2.24) is 29.7 Å². The standard InChI is InChI=1S/C43H52ClF2N11O3/c1-48-34-22-38(51-57-37(40(47)59)23-49-41(34)57)56-16-12-31-35(3-2-4-36(31)56)55-14-9-27(10-15-55)24-53-13-11-28(43(45,46)26-53)25-52-17-19-54(20-18-52)29-5-7-33(44)32(21-29)30-6-8-39(58)50-42(30)60/h2-5,7,21-23,27-28,30,48H,6,8-20,24-26H2,1H3,(H2,47,59)(H,50,58,60). The SMILES string of the molecule is CNc1cc(N2CCc3c(N4CCC(CN5CCC(CN6CCN(c7ccc(Cl)c(C8CCC(=O)NC8=O)c7)CC6)C(F)(F)C5)CC4)cccc32)nn2c(C(N)=O)cnc12. The number of aromatic nitrogens is 3. The Morgan fingerprint density at radius 1 is 0.917 bits per heavy atom. The average Bonchev–Trinajstić information content (AvgIpc) is 3.88. The van der Waals surface area contributed by atoms with Crippen LogP contribution in [0, 0.1) is 11.8 Å². The van der Waals surface area contributed by atoms with Gasteiger partial charge in [-0.05, 0) is 80.5 Å². The van der Waals surface area contributed by atoms with Gasteiger partial charge < -0.3 is 25.8 Å². The molecule has 3 amide bonds. The normalized spacial score (nSPS) is 23.0. The average molecular weight is 844 g/mol. The first-order valence-corrected chi connectivity index (χ1v) is 21.5. The predicted molar refractivity (Wildman–Crippen MR) is 228 cm³/mol. The maximum absolute atomic E-state index is 15.8. The van der Waals surface area contributed by atoms with Crippen molar-refractivity contribution in [3.05, 3.63) is 70.5 Å². The molecule has 2 aromatic carbocycles. The van der Waals surface area contributed by atoms with Crippen molar-refractivity contribution in [2.45, 2.75) is 50.4 Å². The molecule has 4 aromatic rings. The minimum absolute atomic E-state index is 0.192. The number of imide groups is 1. The zero-order valence-electron chi connectivity index (χ0n) is 33.9. The summed E-state index contributed by atoms with van der Waals surface area (Å²) in [6.07, 6.45) is 5.39. The summed E-state index contributed by atoms with van der Waals surface area (Å²) in [6, 6.07) is 14.0. The van der Waals surface area contributed by atoms with E-state index in [0.29, 0.717) is 81.1 Å². The summed E-state index contributed by atoms with van der Waals surface area (Å²) < 4.78 is 33.1. The van der Waals surface area contributed by atoms with E-state index in [9.17, 15) is 14.4 Å². The summed E-state index contributed by atoms with van der Waals surface area (Å²) in [4.78, 5) is 51.7. The molecule has 2 unspecified atom stereocenters. The number of hydrogen-bond donors (Lipinski definition) is 3. The molecule has 2 aromatic heterocycles. The number of carbonyl (C=O) groups is 3. The number of likely N-dealkylation sites (tertiary alicyclic amines) is 1. The first kappa shape index (κ1) is 40.4. The lowest BCUT2D eigenvalue weighted by Gasteiger charge is -2.44. The summed E-state index contributed by atoms with van der Waals surface area (Å²) in [5.41, 5.74) is 12.3. The number of amides is 3. The molecule has 0 aliphatic carbocycles. The summed E-state index contributed by atoms with van der Waals surface area (Å²) in [6.45, 7) is 6.81. The minimum atomic E-state index is -2.76. The molecule has 17 heteroatoms. The van der Waals surface area contributed by atoms with Crippen molar-refractivity contribution in [3.8, 4) is 0 Å². The quantitative estimate of drug-likeness (QED) is 0.191. The molecule has 60 heavy (non-hydrogen) atoms. The Morgan fingerprint density at radius 3 is 2.43 bits per heavy atom. The number of fused-ring (bicyclic) bond motifs is 2. The van der Waals surface area contributed by atoms with E-state index in [0.717, 1.165) is 61.5 Å². The van der Waals surface area contributed by atoms with Crippen molar-refractivity contribution in [1.29, 1.82) is 0 Å². The zero-order valence-corrected chi connectivity index (χ0v) is 34.6. The van der Waals surface area contributed by atoms with Crippen LogP contribution in [0.1, 0.15) is 59.6 Å². The molecule has 7 heterocycles. The van der Waals surface area contributed by atoms with Crippen molar-refractivity contribution >= 4 is 63.5 Å². The van der Waals surface area contributed by atoms with Gasteiger partial charge in [0.2, 0.25) is 11.8 Å². The molecule has 0 saturated carbocycles. The molecule has 4 saturated heterocycles. The largest absolute Gasteiger partial charge is 0.385 e. The topological polar surface area (TPSA) is 148 Å². The van der Waals surface area contributed by atoms with Gasteiger partial charge in [0.15, 0.2) is 11.5 Å². The van der Waals surface area contributed by atoms with Crippen molar-refractivity contribution in [2.75, 3.05) is 99.1 Å². The molecule has 0 spiro atoms. The van der Waals surface area contributed by atoms with Gasteiger partial charge in [0.25, 0.3) is 11.8 Å². The van der Waals surface area contributed by atoms with Crippen LogP contribution in [0.2, 0.25) is 5.02 Å². The molecule has 2 atom stereocenters. The van der Waals surface area contributed by atoms with Crippen molar-refractivity contribution < 1.29 is 23.2 Å². The highest BCUT2D eigenvalue weighted by Gasteiger charge is 2.45. The number of piperazine rings is 1. The number of halogens is 3. The van der Waals surface area contributed by atoms with Crippen molar-refractivity contribution in [3.63, 3.8) is 0 Å². The van der Waals surface area contributed by atoms with Gasteiger partial charge in [-0.15, -0.1) is 5.10 Å². The van der Waals surface area contributed by atoms with Crippen LogP contribution in [0.25, 0.3) is 5.65 Å². The Morgan fingerprint density at radius 2 is 1.70 bits per heavy atom. The highest BCUT2D eigenvalue weighted by atomic mass is 35.5. The Hall–Kier alpha value is -5.06. The molecule has 4 fully saturated rings. The van der Waals surface area contributed by atoms with Gasteiger partial charge in [0, 0.05) is 112 Å². The number of carbonyl (C=O) groups excluding carboxylic acids is 3. The van der Waals surface area contributed by atoms with E-state index in [4.69, 9.17) is 22.4 Å². The second-order valence-electron chi connectivity index (χ2n) is 17.0. The highest BCUT2D eigenvalue weighted by Crippen LogP contribution is 2.42. The van der Waals surface area contributed by atoms with Crippen LogP contribution < -0.4 is 31.1 Å². The van der Waals surface area contributed by atoms with Gasteiger partial charge in [0.1, 0.15) is 5.69 Å². The maximum Gasteiger partial charge on any atom is 0.269 e. The number of primary amides is 1. The van der Waals surface area contributed by atoms with E-state index >= 15 is 8.78 Å². The van der Waals surface area contributed by atoms with E-state index in [1.54, 1.807) is 6.07 Å². The van der Waals surface area contributed by atoms with E-state index in [2.05, 4.69) is 53.4 Å².